The van der Waals surface area contributed by atoms with Crippen molar-refractivity contribution in [1.29, 1.82) is 0 Å². The van der Waals surface area contributed by atoms with E-state index in [4.69, 9.17) is 24.4 Å². The highest BCUT2D eigenvalue weighted by atomic mass is 32.1. The molecule has 4 aromatic rings. The quantitative estimate of drug-likeness (QED) is 0.321. The lowest BCUT2D eigenvalue weighted by Crippen LogP contribution is -2.18. The summed E-state index contributed by atoms with van der Waals surface area (Å²) in [6.45, 7) is 2.60. The molecule has 2 N–H and O–H groups in total. The van der Waals surface area contributed by atoms with Gasteiger partial charge in [-0.1, -0.05) is 31.0 Å². The standard InChI is InChI=1S/C26H29N5O2S/c1-16-23(25-30-19-10-6-7-11-22(19)34-25)24(29-18-8-4-5-9-18)31-26(28-16)27-15-17-12-13-20(32-2)21(14-17)33-3/h6-7,10-14,18H,4-5,8-9,15H2,1-3H3,(H2,27,28,29,31). The molecule has 5 rings (SSSR count). The SMILES string of the molecule is COc1ccc(CNc2nc(C)c(-c3nc4ccccc4s3)c(NC3CCCC3)n2)cc1OC. The average molecular weight is 476 g/mol. The number of hydrogen-bond donors (Lipinski definition) is 2. The minimum absolute atomic E-state index is 0.432. The molecule has 8 heteroatoms. The van der Waals surface area contributed by atoms with Gasteiger partial charge in [0, 0.05) is 12.6 Å². The fraction of sp³-hybridized carbons (Fsp3) is 0.346. The zero-order valence-electron chi connectivity index (χ0n) is 19.7. The highest BCUT2D eigenvalue weighted by Gasteiger charge is 2.22. The molecule has 34 heavy (non-hydrogen) atoms. The number of nitrogens with zero attached hydrogens (tertiary/aromatic N) is 3. The van der Waals surface area contributed by atoms with Gasteiger partial charge in [-0.05, 0) is 49.6 Å². The minimum atomic E-state index is 0.432. The summed E-state index contributed by atoms with van der Waals surface area (Å²) < 4.78 is 11.9. The van der Waals surface area contributed by atoms with Crippen LogP contribution in [0.5, 0.6) is 11.5 Å². The Morgan fingerprint density at radius 3 is 2.53 bits per heavy atom. The first kappa shape index (κ1) is 22.4. The molecule has 1 aliphatic carbocycles. The normalized spacial score (nSPS) is 13.9. The minimum Gasteiger partial charge on any atom is -0.493 e. The predicted octanol–water partition coefficient (Wildman–Crippen LogP) is 6.05. The molecule has 1 fully saturated rings. The van der Waals surface area contributed by atoms with E-state index >= 15 is 0 Å². The van der Waals surface area contributed by atoms with Crippen LogP contribution < -0.4 is 20.1 Å². The van der Waals surface area contributed by atoms with E-state index in [-0.39, 0.29) is 0 Å². The summed E-state index contributed by atoms with van der Waals surface area (Å²) in [5.74, 6) is 2.86. The van der Waals surface area contributed by atoms with Gasteiger partial charge in [-0.2, -0.15) is 4.98 Å². The number of hydrogen-bond acceptors (Lipinski definition) is 8. The molecule has 1 aliphatic rings. The lowest BCUT2D eigenvalue weighted by Gasteiger charge is -2.18. The molecule has 0 radical (unpaired) electrons. The van der Waals surface area contributed by atoms with Crippen LogP contribution in [0.1, 0.15) is 36.9 Å². The molecule has 0 bridgehead atoms. The second-order valence-electron chi connectivity index (χ2n) is 8.51. The number of anilines is 2. The molecule has 2 aromatic carbocycles. The molecule has 0 spiro atoms. The zero-order chi connectivity index (χ0) is 23.5. The van der Waals surface area contributed by atoms with Crippen LogP contribution in [-0.2, 0) is 6.54 Å². The number of nitrogens with one attached hydrogen (secondary N) is 2. The number of aromatic nitrogens is 3. The Kier molecular flexibility index (Phi) is 6.49. The summed E-state index contributed by atoms with van der Waals surface area (Å²) >= 11 is 1.68. The van der Waals surface area contributed by atoms with Crippen LogP contribution in [0.25, 0.3) is 20.8 Å². The molecule has 0 aliphatic heterocycles. The lowest BCUT2D eigenvalue weighted by molar-refractivity contribution is 0.354. The van der Waals surface area contributed by atoms with Crippen molar-refractivity contribution < 1.29 is 9.47 Å². The van der Waals surface area contributed by atoms with Crippen LogP contribution in [0.3, 0.4) is 0 Å². The van der Waals surface area contributed by atoms with Crippen molar-refractivity contribution in [3.05, 3.63) is 53.7 Å². The third kappa shape index (κ3) is 4.63. The molecular formula is C26H29N5O2S. The third-order valence-electron chi connectivity index (χ3n) is 6.19. The number of para-hydroxylation sites is 1. The van der Waals surface area contributed by atoms with Gasteiger partial charge < -0.3 is 20.1 Å². The van der Waals surface area contributed by atoms with Gasteiger partial charge in [0.1, 0.15) is 10.8 Å². The molecule has 0 amide bonds. The summed E-state index contributed by atoms with van der Waals surface area (Å²) in [6, 6.07) is 14.5. The van der Waals surface area contributed by atoms with Crippen molar-refractivity contribution >= 4 is 33.3 Å². The van der Waals surface area contributed by atoms with E-state index in [9.17, 15) is 0 Å². The molecule has 1 saturated carbocycles. The van der Waals surface area contributed by atoms with Gasteiger partial charge in [-0.25, -0.2) is 9.97 Å². The molecule has 176 valence electrons. The maximum atomic E-state index is 5.43. The summed E-state index contributed by atoms with van der Waals surface area (Å²) in [7, 11) is 3.28. The van der Waals surface area contributed by atoms with E-state index in [1.807, 2.05) is 37.3 Å². The maximum absolute atomic E-state index is 5.43. The summed E-state index contributed by atoms with van der Waals surface area (Å²) in [4.78, 5) is 14.6. The largest absolute Gasteiger partial charge is 0.493 e. The van der Waals surface area contributed by atoms with Crippen molar-refractivity contribution in [3.8, 4) is 22.1 Å². The van der Waals surface area contributed by atoms with E-state index in [1.165, 1.54) is 17.5 Å². The summed E-state index contributed by atoms with van der Waals surface area (Å²) in [5.41, 5.74) is 3.96. The van der Waals surface area contributed by atoms with Crippen molar-refractivity contribution in [3.63, 3.8) is 0 Å². The topological polar surface area (TPSA) is 81.2 Å². The van der Waals surface area contributed by atoms with Gasteiger partial charge in [0.2, 0.25) is 5.95 Å². The van der Waals surface area contributed by atoms with Crippen LogP contribution in [0.2, 0.25) is 0 Å². The van der Waals surface area contributed by atoms with Crippen molar-refractivity contribution in [2.75, 3.05) is 24.9 Å². The second kappa shape index (κ2) is 9.85. The maximum Gasteiger partial charge on any atom is 0.225 e. The van der Waals surface area contributed by atoms with Crippen LogP contribution in [0, 0.1) is 6.92 Å². The Morgan fingerprint density at radius 2 is 1.76 bits per heavy atom. The van der Waals surface area contributed by atoms with Gasteiger partial charge >= 0.3 is 0 Å². The van der Waals surface area contributed by atoms with E-state index in [0.717, 1.165) is 46.0 Å². The number of benzene rings is 2. The van der Waals surface area contributed by atoms with E-state index < -0.39 is 0 Å². The Balaban J connectivity index is 1.46. The van der Waals surface area contributed by atoms with Gasteiger partial charge in [-0.3, -0.25) is 0 Å². The van der Waals surface area contributed by atoms with Crippen molar-refractivity contribution in [1.82, 2.24) is 15.0 Å². The van der Waals surface area contributed by atoms with Crippen molar-refractivity contribution in [2.45, 2.75) is 45.2 Å². The second-order valence-corrected chi connectivity index (χ2v) is 9.54. The zero-order valence-corrected chi connectivity index (χ0v) is 20.5. The Labute approximate surface area is 203 Å². The highest BCUT2D eigenvalue weighted by molar-refractivity contribution is 7.21. The summed E-state index contributed by atoms with van der Waals surface area (Å²) in [6.07, 6.45) is 4.83. The van der Waals surface area contributed by atoms with Gasteiger partial charge in [-0.15, -0.1) is 11.3 Å². The number of thiazole rings is 1. The third-order valence-corrected chi connectivity index (χ3v) is 7.25. The first-order chi connectivity index (χ1) is 16.6. The van der Waals surface area contributed by atoms with E-state index in [1.54, 1.807) is 25.6 Å². The van der Waals surface area contributed by atoms with Crippen LogP contribution in [0.4, 0.5) is 11.8 Å². The molecular weight excluding hydrogens is 446 g/mol. The number of aryl methyl sites for hydroxylation is 1. The fourth-order valence-corrected chi connectivity index (χ4v) is 5.49. The van der Waals surface area contributed by atoms with Crippen LogP contribution >= 0.6 is 11.3 Å². The lowest BCUT2D eigenvalue weighted by atomic mass is 10.2. The van der Waals surface area contributed by atoms with Crippen LogP contribution in [0.15, 0.2) is 42.5 Å². The van der Waals surface area contributed by atoms with Gasteiger partial charge in [0.05, 0.1) is 35.7 Å². The molecule has 0 atom stereocenters. The first-order valence-electron chi connectivity index (χ1n) is 11.6. The molecule has 0 unspecified atom stereocenters. The van der Waals surface area contributed by atoms with Gasteiger partial charge in [0.15, 0.2) is 11.5 Å². The smallest absolute Gasteiger partial charge is 0.225 e. The molecule has 7 nitrogen and oxygen atoms in total. The molecule has 0 saturated heterocycles. The highest BCUT2D eigenvalue weighted by Crippen LogP contribution is 2.37. The monoisotopic (exact) mass is 475 g/mol. The number of rotatable bonds is 8. The van der Waals surface area contributed by atoms with Gasteiger partial charge in [0.25, 0.3) is 0 Å². The Hall–Kier alpha value is -3.39. The molecule has 2 heterocycles. The number of fused-ring (bicyclic) bond motifs is 1. The number of methoxy groups -OCH3 is 2. The van der Waals surface area contributed by atoms with Crippen molar-refractivity contribution in [2.24, 2.45) is 0 Å². The van der Waals surface area contributed by atoms with E-state index in [2.05, 4.69) is 22.8 Å². The first-order valence-corrected chi connectivity index (χ1v) is 12.4. The number of ether oxygens (including phenoxy) is 2. The fourth-order valence-electron chi connectivity index (χ4n) is 4.43. The van der Waals surface area contributed by atoms with Crippen LogP contribution in [-0.4, -0.2) is 35.2 Å². The molecule has 2 aromatic heterocycles. The Morgan fingerprint density at radius 1 is 0.971 bits per heavy atom. The average Bonchev–Trinajstić information content (AvgIpc) is 3.52. The Bertz CT molecular complexity index is 1270. The van der Waals surface area contributed by atoms with E-state index in [0.29, 0.717) is 30.0 Å². The summed E-state index contributed by atoms with van der Waals surface area (Å²) in [5, 5.41) is 8.04. The predicted molar refractivity (Wildman–Crippen MR) is 138 cm³/mol.